The van der Waals surface area contributed by atoms with Crippen LogP contribution in [-0.2, 0) is 21.7 Å². The predicted molar refractivity (Wildman–Crippen MR) is 67.2 cm³/mol. The topological polar surface area (TPSA) is 57.1 Å². The van der Waals surface area contributed by atoms with Crippen LogP contribution < -0.4 is 9.47 Å². The summed E-state index contributed by atoms with van der Waals surface area (Å²) in [6, 6.07) is 3.91. The number of hydrogen-bond donors (Lipinski definition) is 0. The lowest BCUT2D eigenvalue weighted by Gasteiger charge is -2.25. The number of benzene rings is 1. The van der Waals surface area contributed by atoms with E-state index in [0.717, 1.165) is 29.7 Å². The molecule has 5 nitrogen and oxygen atoms in total. The van der Waals surface area contributed by atoms with Gasteiger partial charge in [-0.2, -0.15) is 4.99 Å². The number of fused-ring (bicyclic) bond motifs is 1. The van der Waals surface area contributed by atoms with Gasteiger partial charge < -0.3 is 14.2 Å². The van der Waals surface area contributed by atoms with Crippen LogP contribution in [0.25, 0.3) is 0 Å². The first kappa shape index (κ1) is 12.2. The van der Waals surface area contributed by atoms with E-state index in [1.54, 1.807) is 13.2 Å². The van der Waals surface area contributed by atoms with E-state index in [9.17, 15) is 4.79 Å². The molecule has 2 aliphatic rings. The van der Waals surface area contributed by atoms with Gasteiger partial charge in [0.15, 0.2) is 11.5 Å². The lowest BCUT2D eigenvalue weighted by atomic mass is 10.0. The van der Waals surface area contributed by atoms with E-state index in [1.807, 2.05) is 12.1 Å². The van der Waals surface area contributed by atoms with Crippen LogP contribution in [0.2, 0.25) is 0 Å². The Morgan fingerprint density at radius 3 is 2.68 bits per heavy atom. The Balaban J connectivity index is 2.09. The van der Waals surface area contributed by atoms with Crippen LogP contribution in [0.5, 0.6) is 11.5 Å². The molecule has 0 atom stereocenters. The lowest BCUT2D eigenvalue weighted by Crippen LogP contribution is -2.20. The molecule has 100 valence electrons. The fourth-order valence-corrected chi connectivity index (χ4v) is 2.48. The Labute approximate surface area is 111 Å². The molecule has 19 heavy (non-hydrogen) atoms. The molecule has 0 aromatic heterocycles. The summed E-state index contributed by atoms with van der Waals surface area (Å²) in [6.45, 7) is 1.50. The van der Waals surface area contributed by atoms with Crippen LogP contribution in [-0.4, -0.2) is 26.4 Å². The Morgan fingerprint density at radius 2 is 2.05 bits per heavy atom. The highest BCUT2D eigenvalue weighted by Gasteiger charge is 2.48. The summed E-state index contributed by atoms with van der Waals surface area (Å²) in [7, 11) is 1.64. The molecule has 0 spiro atoms. The van der Waals surface area contributed by atoms with Crippen molar-refractivity contribution in [3.63, 3.8) is 0 Å². The lowest BCUT2D eigenvalue weighted by molar-refractivity contribution is 0.151. The highest BCUT2D eigenvalue weighted by atomic mass is 16.6. The van der Waals surface area contributed by atoms with Gasteiger partial charge in [-0.1, -0.05) is 12.1 Å². The summed E-state index contributed by atoms with van der Waals surface area (Å²) in [5.74, 6) is 1.43. The zero-order valence-corrected chi connectivity index (χ0v) is 10.8. The highest BCUT2D eigenvalue weighted by Crippen LogP contribution is 2.55. The maximum absolute atomic E-state index is 10.6. The van der Waals surface area contributed by atoms with Gasteiger partial charge in [0.05, 0.1) is 6.61 Å². The minimum Gasteiger partial charge on any atom is -0.486 e. The fourth-order valence-electron chi connectivity index (χ4n) is 2.48. The van der Waals surface area contributed by atoms with Crippen LogP contribution in [0.4, 0.5) is 0 Å². The van der Waals surface area contributed by atoms with Gasteiger partial charge in [0.1, 0.15) is 18.8 Å². The van der Waals surface area contributed by atoms with E-state index in [-0.39, 0.29) is 0 Å². The molecule has 1 saturated carbocycles. The molecule has 0 saturated heterocycles. The second kappa shape index (κ2) is 4.68. The number of hydrogen-bond acceptors (Lipinski definition) is 5. The van der Waals surface area contributed by atoms with Gasteiger partial charge in [-0.05, 0) is 12.8 Å². The fraction of sp³-hybridized carbons (Fsp3) is 0.500. The SMILES string of the molecule is COCc1ccc(C2(N=C=O)CC2)c2c1OCCO2. The highest BCUT2D eigenvalue weighted by molar-refractivity contribution is 5.57. The summed E-state index contributed by atoms with van der Waals surface area (Å²) in [6.07, 6.45) is 3.37. The smallest absolute Gasteiger partial charge is 0.235 e. The molecule has 5 heteroatoms. The second-order valence-corrected chi connectivity index (χ2v) is 4.80. The van der Waals surface area contributed by atoms with E-state index in [0.29, 0.717) is 25.6 Å². The monoisotopic (exact) mass is 261 g/mol. The van der Waals surface area contributed by atoms with Crippen LogP contribution in [0.3, 0.4) is 0 Å². The van der Waals surface area contributed by atoms with Gasteiger partial charge in [0.25, 0.3) is 0 Å². The molecule has 0 amide bonds. The molecule has 3 rings (SSSR count). The zero-order valence-electron chi connectivity index (χ0n) is 10.8. The normalized spacial score (nSPS) is 18.6. The largest absolute Gasteiger partial charge is 0.486 e. The van der Waals surface area contributed by atoms with Crippen LogP contribution in [0, 0.1) is 0 Å². The maximum Gasteiger partial charge on any atom is 0.235 e. The van der Waals surface area contributed by atoms with E-state index >= 15 is 0 Å². The van der Waals surface area contributed by atoms with Crippen LogP contribution >= 0.6 is 0 Å². The molecule has 0 radical (unpaired) electrons. The summed E-state index contributed by atoms with van der Waals surface area (Å²) in [5.41, 5.74) is 1.43. The molecule has 0 N–H and O–H groups in total. The van der Waals surface area contributed by atoms with Crippen molar-refractivity contribution in [2.75, 3.05) is 20.3 Å². The number of isocyanates is 1. The minimum absolute atomic E-state index is 0.446. The number of methoxy groups -OCH3 is 1. The van der Waals surface area contributed by atoms with Gasteiger partial charge in [0.2, 0.25) is 6.08 Å². The molecule has 1 aromatic rings. The Kier molecular flexibility index (Phi) is 3.01. The van der Waals surface area contributed by atoms with Crippen LogP contribution in [0.15, 0.2) is 17.1 Å². The Bertz CT molecular complexity index is 545. The summed E-state index contributed by atoms with van der Waals surface area (Å²) in [4.78, 5) is 14.5. The third kappa shape index (κ3) is 2.01. The second-order valence-electron chi connectivity index (χ2n) is 4.80. The molecule has 0 unspecified atom stereocenters. The summed E-state index contributed by atoms with van der Waals surface area (Å²) < 4.78 is 16.6. The van der Waals surface area contributed by atoms with E-state index < -0.39 is 5.54 Å². The number of carbonyl (C=O) groups excluding carboxylic acids is 1. The average Bonchev–Trinajstić information content (AvgIpc) is 3.20. The van der Waals surface area contributed by atoms with Gasteiger partial charge in [-0.3, -0.25) is 0 Å². The molecule has 1 aromatic carbocycles. The zero-order chi connectivity index (χ0) is 13.3. The Hall–Kier alpha value is -1.84. The van der Waals surface area contributed by atoms with Crippen molar-refractivity contribution in [3.8, 4) is 11.5 Å². The first-order valence-corrected chi connectivity index (χ1v) is 6.31. The van der Waals surface area contributed by atoms with E-state index in [4.69, 9.17) is 14.2 Å². The van der Waals surface area contributed by atoms with Gasteiger partial charge in [-0.25, -0.2) is 4.79 Å². The molecule has 1 fully saturated rings. The van der Waals surface area contributed by atoms with Gasteiger partial charge in [0, 0.05) is 18.2 Å². The van der Waals surface area contributed by atoms with E-state index in [1.165, 1.54) is 0 Å². The minimum atomic E-state index is -0.446. The first-order valence-electron chi connectivity index (χ1n) is 6.31. The average molecular weight is 261 g/mol. The molecule has 0 bridgehead atoms. The van der Waals surface area contributed by atoms with Crippen molar-refractivity contribution >= 4 is 6.08 Å². The predicted octanol–water partition coefficient (Wildman–Crippen LogP) is 1.93. The van der Waals surface area contributed by atoms with Crippen molar-refractivity contribution in [3.05, 3.63) is 23.3 Å². The number of aliphatic imine (C=N–C) groups is 1. The number of nitrogens with zero attached hydrogens (tertiary/aromatic N) is 1. The molecule has 1 heterocycles. The van der Waals surface area contributed by atoms with Crippen molar-refractivity contribution in [2.24, 2.45) is 4.99 Å². The third-order valence-electron chi connectivity index (χ3n) is 3.55. The third-order valence-corrected chi connectivity index (χ3v) is 3.55. The van der Waals surface area contributed by atoms with Gasteiger partial charge in [-0.15, -0.1) is 0 Å². The molecule has 1 aliphatic heterocycles. The summed E-state index contributed by atoms with van der Waals surface area (Å²) >= 11 is 0. The Morgan fingerprint density at radius 1 is 1.32 bits per heavy atom. The van der Waals surface area contributed by atoms with Crippen molar-refractivity contribution < 1.29 is 19.0 Å². The first-order chi connectivity index (χ1) is 9.30. The maximum atomic E-state index is 10.6. The quantitative estimate of drug-likeness (QED) is 0.614. The standard InChI is InChI=1S/C14H15NO4/c1-17-8-10-2-3-11(14(4-5-14)15-9-16)13-12(10)18-6-7-19-13/h2-3H,4-8H2,1H3. The number of rotatable bonds is 4. The van der Waals surface area contributed by atoms with Crippen molar-refractivity contribution in [1.29, 1.82) is 0 Å². The van der Waals surface area contributed by atoms with Crippen molar-refractivity contribution in [2.45, 2.75) is 25.0 Å². The van der Waals surface area contributed by atoms with E-state index in [2.05, 4.69) is 4.99 Å². The number of ether oxygens (including phenoxy) is 3. The van der Waals surface area contributed by atoms with Crippen molar-refractivity contribution in [1.82, 2.24) is 0 Å². The van der Waals surface area contributed by atoms with Crippen LogP contribution in [0.1, 0.15) is 24.0 Å². The molecular weight excluding hydrogens is 246 g/mol. The van der Waals surface area contributed by atoms with Gasteiger partial charge >= 0.3 is 0 Å². The molecule has 1 aliphatic carbocycles. The molecular formula is C14H15NO4. The summed E-state index contributed by atoms with van der Waals surface area (Å²) in [5, 5.41) is 0.